The molecule has 1 rings (SSSR count). The molecule has 0 saturated heterocycles. The van der Waals surface area contributed by atoms with Crippen molar-refractivity contribution in [2.24, 2.45) is 9.98 Å². The minimum absolute atomic E-state index is 0.143. The Labute approximate surface area is 83.8 Å². The fraction of sp³-hybridized carbons (Fsp3) is 0.364. The average molecular weight is 190 g/mol. The van der Waals surface area contributed by atoms with E-state index in [4.69, 9.17) is 0 Å². The second-order valence-corrected chi connectivity index (χ2v) is 3.98. The van der Waals surface area contributed by atoms with Gasteiger partial charge in [-0.2, -0.15) is 4.99 Å². The molecular formula is C11H14N2O. The Bertz CT molecular complexity index is 371. The third kappa shape index (κ3) is 3.42. The minimum atomic E-state index is -0.187. The molecule has 0 radical (unpaired) electrons. The molecule has 0 aliphatic carbocycles. The summed E-state index contributed by atoms with van der Waals surface area (Å²) in [4.78, 5) is 7.99. The van der Waals surface area contributed by atoms with Gasteiger partial charge in [-0.15, -0.1) is 0 Å². The molecule has 0 aliphatic heterocycles. The van der Waals surface area contributed by atoms with Crippen molar-refractivity contribution in [1.82, 2.24) is 0 Å². The zero-order valence-electron chi connectivity index (χ0n) is 8.65. The van der Waals surface area contributed by atoms with Crippen molar-refractivity contribution in [2.75, 3.05) is 0 Å². The van der Waals surface area contributed by atoms with Crippen molar-refractivity contribution in [1.29, 1.82) is 0 Å². The Morgan fingerprint density at radius 2 is 1.86 bits per heavy atom. The highest BCUT2D eigenvalue weighted by atomic mass is 16.3. The number of para-hydroxylation sites is 2. The molecule has 0 spiro atoms. The maximum atomic E-state index is 9.36. The molecule has 0 bridgehead atoms. The first-order valence-electron chi connectivity index (χ1n) is 4.45. The van der Waals surface area contributed by atoms with Crippen LogP contribution in [-0.4, -0.2) is 16.7 Å². The van der Waals surface area contributed by atoms with E-state index in [1.54, 1.807) is 24.3 Å². The third-order valence-electron chi connectivity index (χ3n) is 1.44. The summed E-state index contributed by atoms with van der Waals surface area (Å²) in [5.41, 5.74) is 0.300. The van der Waals surface area contributed by atoms with Crippen LogP contribution >= 0.6 is 0 Å². The van der Waals surface area contributed by atoms with Crippen LogP contribution in [0.4, 0.5) is 5.69 Å². The molecule has 1 N–H and O–H groups in total. The van der Waals surface area contributed by atoms with Crippen molar-refractivity contribution in [3.63, 3.8) is 0 Å². The fourth-order valence-electron chi connectivity index (χ4n) is 0.788. The van der Waals surface area contributed by atoms with Gasteiger partial charge >= 0.3 is 0 Å². The molecule has 14 heavy (non-hydrogen) atoms. The molecule has 0 fully saturated rings. The number of phenolic OH excluding ortho intramolecular Hbond substituents is 1. The second kappa shape index (κ2) is 4.07. The summed E-state index contributed by atoms with van der Waals surface area (Å²) in [5, 5.41) is 9.36. The Balaban J connectivity index is 2.90. The molecule has 3 heteroatoms. The number of rotatable bonds is 1. The minimum Gasteiger partial charge on any atom is -0.506 e. The van der Waals surface area contributed by atoms with E-state index in [0.29, 0.717) is 5.69 Å². The first-order chi connectivity index (χ1) is 6.49. The van der Waals surface area contributed by atoms with Gasteiger partial charge in [-0.1, -0.05) is 12.1 Å². The highest BCUT2D eigenvalue weighted by Gasteiger charge is 2.04. The summed E-state index contributed by atoms with van der Waals surface area (Å²) >= 11 is 0. The molecule has 3 nitrogen and oxygen atoms in total. The van der Waals surface area contributed by atoms with Crippen LogP contribution in [0.25, 0.3) is 0 Å². The van der Waals surface area contributed by atoms with E-state index in [0.717, 1.165) is 0 Å². The van der Waals surface area contributed by atoms with Gasteiger partial charge in [-0.05, 0) is 32.9 Å². The molecular weight excluding hydrogens is 176 g/mol. The summed E-state index contributed by atoms with van der Waals surface area (Å²) in [6, 6.07) is 9.41. The predicted molar refractivity (Wildman–Crippen MR) is 57.4 cm³/mol. The topological polar surface area (TPSA) is 45.0 Å². The molecule has 0 atom stereocenters. The van der Waals surface area contributed by atoms with E-state index in [1.807, 2.05) is 20.8 Å². The van der Waals surface area contributed by atoms with Crippen molar-refractivity contribution < 1.29 is 5.11 Å². The van der Waals surface area contributed by atoms with E-state index in [9.17, 15) is 5.11 Å². The van der Waals surface area contributed by atoms with E-state index < -0.39 is 0 Å². The number of hydrogen-bond donors (Lipinski definition) is 1. The number of hydrogen-bond acceptors (Lipinski definition) is 3. The lowest BCUT2D eigenvalue weighted by molar-refractivity contribution is 0.477. The van der Waals surface area contributed by atoms with Gasteiger partial charge in [0.25, 0.3) is 0 Å². The maximum Gasteiger partial charge on any atom is 0.142 e. The molecule has 0 unspecified atom stereocenters. The van der Waals surface area contributed by atoms with Crippen LogP contribution in [0.1, 0.15) is 20.8 Å². The van der Waals surface area contributed by atoms with Crippen LogP contribution in [0.15, 0.2) is 34.3 Å². The smallest absolute Gasteiger partial charge is 0.142 e. The van der Waals surface area contributed by atoms with E-state index in [-0.39, 0.29) is 11.3 Å². The van der Waals surface area contributed by atoms with Crippen molar-refractivity contribution >= 4 is 11.7 Å². The highest BCUT2D eigenvalue weighted by Crippen LogP contribution is 2.23. The summed E-state index contributed by atoms with van der Waals surface area (Å²) in [7, 11) is 0. The quantitative estimate of drug-likeness (QED) is 0.680. The van der Waals surface area contributed by atoms with Gasteiger partial charge in [-0.3, -0.25) is 0 Å². The van der Waals surface area contributed by atoms with Crippen LogP contribution in [0.2, 0.25) is 0 Å². The van der Waals surface area contributed by atoms with Gasteiger partial charge in [0.15, 0.2) is 0 Å². The SMILES string of the molecule is CC(C)(C)N=C=Nc1ccccc1O. The molecule has 74 valence electrons. The molecule has 0 saturated carbocycles. The van der Waals surface area contributed by atoms with Crippen LogP contribution in [0.5, 0.6) is 5.75 Å². The Hall–Kier alpha value is -1.60. The average Bonchev–Trinajstić information content (AvgIpc) is 2.06. The van der Waals surface area contributed by atoms with E-state index >= 15 is 0 Å². The monoisotopic (exact) mass is 190 g/mol. The molecule has 0 aliphatic rings. The van der Waals surface area contributed by atoms with E-state index in [2.05, 4.69) is 16.0 Å². The van der Waals surface area contributed by atoms with Gasteiger partial charge < -0.3 is 5.11 Å². The third-order valence-corrected chi connectivity index (χ3v) is 1.44. The zero-order valence-corrected chi connectivity index (χ0v) is 8.65. The lowest BCUT2D eigenvalue weighted by Crippen LogP contribution is -2.07. The number of benzene rings is 1. The number of aromatic hydroxyl groups is 1. The van der Waals surface area contributed by atoms with Gasteiger partial charge in [0.1, 0.15) is 11.4 Å². The Kier molecular flexibility index (Phi) is 3.05. The van der Waals surface area contributed by atoms with Gasteiger partial charge in [0.2, 0.25) is 0 Å². The zero-order chi connectivity index (χ0) is 10.6. The lowest BCUT2D eigenvalue weighted by Gasteiger charge is -2.06. The standard InChI is InChI=1S/C11H14N2O/c1-11(2,3)13-8-12-9-6-4-5-7-10(9)14/h4-7,14H,1-3H3. The molecule has 1 aromatic carbocycles. The fourth-order valence-corrected chi connectivity index (χ4v) is 0.788. The number of aliphatic imine (C=N–C) groups is 2. The van der Waals surface area contributed by atoms with Gasteiger partial charge in [0.05, 0.1) is 11.5 Å². The van der Waals surface area contributed by atoms with Crippen molar-refractivity contribution in [2.45, 2.75) is 26.3 Å². The number of phenols is 1. The molecule has 0 aromatic heterocycles. The highest BCUT2D eigenvalue weighted by molar-refractivity contribution is 5.58. The van der Waals surface area contributed by atoms with Crippen molar-refractivity contribution in [3.8, 4) is 5.75 Å². The Morgan fingerprint density at radius 3 is 2.43 bits per heavy atom. The van der Waals surface area contributed by atoms with Gasteiger partial charge in [-0.25, -0.2) is 4.99 Å². The second-order valence-electron chi connectivity index (χ2n) is 3.98. The van der Waals surface area contributed by atoms with Crippen molar-refractivity contribution in [3.05, 3.63) is 24.3 Å². The first-order valence-corrected chi connectivity index (χ1v) is 4.45. The Morgan fingerprint density at radius 1 is 1.21 bits per heavy atom. The van der Waals surface area contributed by atoms with Crippen LogP contribution < -0.4 is 0 Å². The summed E-state index contributed by atoms with van der Waals surface area (Å²) in [6.07, 6.45) is 0. The van der Waals surface area contributed by atoms with E-state index in [1.165, 1.54) is 0 Å². The summed E-state index contributed by atoms with van der Waals surface area (Å²) in [5.74, 6) is 0.143. The predicted octanol–water partition coefficient (Wildman–Crippen LogP) is 3.00. The first kappa shape index (κ1) is 10.5. The van der Waals surface area contributed by atoms with Crippen LogP contribution in [0, 0.1) is 0 Å². The number of nitrogens with zero attached hydrogens (tertiary/aromatic N) is 2. The summed E-state index contributed by atoms with van der Waals surface area (Å²) < 4.78 is 0. The molecule has 0 amide bonds. The van der Waals surface area contributed by atoms with Gasteiger partial charge in [0, 0.05) is 0 Å². The maximum absolute atomic E-state index is 9.36. The largest absolute Gasteiger partial charge is 0.506 e. The van der Waals surface area contributed by atoms with Crippen LogP contribution in [-0.2, 0) is 0 Å². The van der Waals surface area contributed by atoms with Crippen LogP contribution in [0.3, 0.4) is 0 Å². The lowest BCUT2D eigenvalue weighted by atomic mass is 10.1. The molecule has 0 heterocycles. The normalized spacial score (nSPS) is 10.5. The molecule has 1 aromatic rings. The summed E-state index contributed by atoms with van der Waals surface area (Å²) in [6.45, 7) is 5.88.